The third kappa shape index (κ3) is 4.94. The average Bonchev–Trinajstić information content (AvgIpc) is 2.12. The Morgan fingerprint density at radius 1 is 1.31 bits per heavy atom. The van der Waals surface area contributed by atoms with E-state index in [4.69, 9.17) is 9.47 Å². The standard InChI is InChI=1S/C11H22O2/c1-6-8-12-9-13-10(3)11(4,5)7-2/h3,6-9H2,1-2,4-5H3. The summed E-state index contributed by atoms with van der Waals surface area (Å²) in [5.41, 5.74) is 0.0512. The zero-order valence-corrected chi connectivity index (χ0v) is 9.35. The van der Waals surface area contributed by atoms with Gasteiger partial charge in [-0.25, -0.2) is 0 Å². The Labute approximate surface area is 81.9 Å². The number of hydrogen-bond acceptors (Lipinski definition) is 2. The van der Waals surface area contributed by atoms with Crippen LogP contribution in [0.4, 0.5) is 0 Å². The summed E-state index contributed by atoms with van der Waals surface area (Å²) >= 11 is 0. The van der Waals surface area contributed by atoms with Crippen LogP contribution >= 0.6 is 0 Å². The Balaban J connectivity index is 3.62. The first-order valence-corrected chi connectivity index (χ1v) is 4.94. The maximum atomic E-state index is 5.38. The second-order valence-electron chi connectivity index (χ2n) is 3.83. The molecule has 0 bridgehead atoms. The van der Waals surface area contributed by atoms with E-state index in [0.29, 0.717) is 6.79 Å². The van der Waals surface area contributed by atoms with Gasteiger partial charge in [0.05, 0.1) is 12.4 Å². The van der Waals surface area contributed by atoms with Gasteiger partial charge in [0.15, 0.2) is 6.79 Å². The molecule has 0 aromatic rings. The van der Waals surface area contributed by atoms with Gasteiger partial charge in [-0.1, -0.05) is 34.3 Å². The monoisotopic (exact) mass is 186 g/mol. The van der Waals surface area contributed by atoms with E-state index in [0.717, 1.165) is 25.2 Å². The van der Waals surface area contributed by atoms with Gasteiger partial charge in [-0.3, -0.25) is 0 Å². The van der Waals surface area contributed by atoms with Gasteiger partial charge in [0.1, 0.15) is 0 Å². The minimum Gasteiger partial charge on any atom is -0.472 e. The first-order valence-electron chi connectivity index (χ1n) is 4.94. The van der Waals surface area contributed by atoms with Crippen LogP contribution in [-0.2, 0) is 9.47 Å². The van der Waals surface area contributed by atoms with Crippen LogP contribution in [0.1, 0.15) is 40.5 Å². The topological polar surface area (TPSA) is 18.5 Å². The molecule has 0 heterocycles. The minimum atomic E-state index is 0.0512. The molecule has 0 aliphatic rings. The molecule has 0 N–H and O–H groups in total. The third-order valence-corrected chi connectivity index (χ3v) is 2.30. The van der Waals surface area contributed by atoms with Crippen molar-refractivity contribution in [2.24, 2.45) is 5.41 Å². The van der Waals surface area contributed by atoms with Crippen LogP contribution in [-0.4, -0.2) is 13.4 Å². The van der Waals surface area contributed by atoms with Crippen LogP contribution in [0.2, 0.25) is 0 Å². The molecular formula is C11H22O2. The van der Waals surface area contributed by atoms with Gasteiger partial charge in [0.2, 0.25) is 0 Å². The van der Waals surface area contributed by atoms with Gasteiger partial charge >= 0.3 is 0 Å². The molecule has 0 fully saturated rings. The zero-order chi connectivity index (χ0) is 10.3. The Bertz CT molecular complexity index is 150. The lowest BCUT2D eigenvalue weighted by molar-refractivity contribution is -0.0387. The summed E-state index contributed by atoms with van der Waals surface area (Å²) in [7, 11) is 0. The van der Waals surface area contributed by atoms with Crippen molar-refractivity contribution in [1.29, 1.82) is 0 Å². The quantitative estimate of drug-likeness (QED) is 0.345. The predicted octanol–water partition coefficient (Wildman–Crippen LogP) is 3.34. The van der Waals surface area contributed by atoms with Crippen LogP contribution in [0.3, 0.4) is 0 Å². The summed E-state index contributed by atoms with van der Waals surface area (Å²) < 4.78 is 10.6. The van der Waals surface area contributed by atoms with Gasteiger partial charge in [-0.2, -0.15) is 0 Å². The highest BCUT2D eigenvalue weighted by Crippen LogP contribution is 2.28. The molecule has 0 saturated heterocycles. The predicted molar refractivity (Wildman–Crippen MR) is 55.4 cm³/mol. The number of ether oxygens (including phenoxy) is 2. The molecule has 0 rings (SSSR count). The van der Waals surface area contributed by atoms with Crippen molar-refractivity contribution in [3.8, 4) is 0 Å². The molecule has 0 radical (unpaired) electrons. The summed E-state index contributed by atoms with van der Waals surface area (Å²) in [4.78, 5) is 0. The number of allylic oxidation sites excluding steroid dienone is 1. The van der Waals surface area contributed by atoms with E-state index in [-0.39, 0.29) is 5.41 Å². The molecule has 2 heteroatoms. The van der Waals surface area contributed by atoms with Crippen LogP contribution in [0, 0.1) is 5.41 Å². The molecule has 13 heavy (non-hydrogen) atoms. The summed E-state index contributed by atoms with van der Waals surface area (Å²) in [6, 6.07) is 0. The first kappa shape index (κ1) is 12.5. The van der Waals surface area contributed by atoms with Crippen molar-refractivity contribution in [2.75, 3.05) is 13.4 Å². The summed E-state index contributed by atoms with van der Waals surface area (Å²) in [5, 5.41) is 0. The zero-order valence-electron chi connectivity index (χ0n) is 9.35. The maximum Gasteiger partial charge on any atom is 0.188 e. The molecule has 0 atom stereocenters. The van der Waals surface area contributed by atoms with Crippen molar-refractivity contribution in [3.05, 3.63) is 12.3 Å². The summed E-state index contributed by atoms with van der Waals surface area (Å²) in [5.74, 6) is 0.811. The van der Waals surface area contributed by atoms with Gasteiger partial charge in [-0.05, 0) is 12.8 Å². The van der Waals surface area contributed by atoms with E-state index in [1.807, 2.05) is 0 Å². The van der Waals surface area contributed by atoms with Gasteiger partial charge in [0.25, 0.3) is 0 Å². The van der Waals surface area contributed by atoms with Gasteiger partial charge in [-0.15, -0.1) is 0 Å². The van der Waals surface area contributed by atoms with Crippen LogP contribution in [0.15, 0.2) is 12.3 Å². The second kappa shape index (κ2) is 6.03. The Morgan fingerprint density at radius 3 is 2.38 bits per heavy atom. The van der Waals surface area contributed by atoms with Crippen molar-refractivity contribution >= 4 is 0 Å². The highest BCUT2D eigenvalue weighted by Gasteiger charge is 2.20. The van der Waals surface area contributed by atoms with E-state index >= 15 is 0 Å². The fourth-order valence-electron chi connectivity index (χ4n) is 0.709. The average molecular weight is 186 g/mol. The Kier molecular flexibility index (Phi) is 5.80. The molecule has 0 amide bonds. The molecule has 78 valence electrons. The van der Waals surface area contributed by atoms with E-state index < -0.39 is 0 Å². The first-order chi connectivity index (χ1) is 6.04. The number of hydrogen-bond donors (Lipinski definition) is 0. The molecule has 0 aromatic heterocycles. The smallest absolute Gasteiger partial charge is 0.188 e. The molecular weight excluding hydrogens is 164 g/mol. The fraction of sp³-hybridized carbons (Fsp3) is 0.818. The molecule has 2 nitrogen and oxygen atoms in total. The lowest BCUT2D eigenvalue weighted by Crippen LogP contribution is -2.16. The van der Waals surface area contributed by atoms with Crippen LogP contribution < -0.4 is 0 Å². The molecule has 0 aromatic carbocycles. The lowest BCUT2D eigenvalue weighted by atomic mass is 9.89. The molecule has 0 aliphatic carbocycles. The summed E-state index contributed by atoms with van der Waals surface area (Å²) in [6.07, 6.45) is 2.05. The largest absolute Gasteiger partial charge is 0.472 e. The molecule has 0 unspecified atom stereocenters. The van der Waals surface area contributed by atoms with E-state index in [1.165, 1.54) is 0 Å². The van der Waals surface area contributed by atoms with Crippen molar-refractivity contribution in [2.45, 2.75) is 40.5 Å². The van der Waals surface area contributed by atoms with Crippen molar-refractivity contribution in [1.82, 2.24) is 0 Å². The van der Waals surface area contributed by atoms with Crippen LogP contribution in [0.25, 0.3) is 0 Å². The minimum absolute atomic E-state index is 0.0512. The summed E-state index contributed by atoms with van der Waals surface area (Å²) in [6.45, 7) is 13.4. The van der Waals surface area contributed by atoms with E-state index in [2.05, 4.69) is 34.3 Å². The van der Waals surface area contributed by atoms with Gasteiger partial charge in [0, 0.05) is 5.41 Å². The fourth-order valence-corrected chi connectivity index (χ4v) is 0.709. The van der Waals surface area contributed by atoms with E-state index in [9.17, 15) is 0 Å². The van der Waals surface area contributed by atoms with Crippen molar-refractivity contribution < 1.29 is 9.47 Å². The third-order valence-electron chi connectivity index (χ3n) is 2.30. The molecule has 0 saturated carbocycles. The highest BCUT2D eigenvalue weighted by molar-refractivity contribution is 4.97. The number of rotatable bonds is 7. The van der Waals surface area contributed by atoms with Crippen molar-refractivity contribution in [3.63, 3.8) is 0 Å². The molecule has 0 spiro atoms. The SMILES string of the molecule is C=C(OCOCCC)C(C)(C)CC. The van der Waals surface area contributed by atoms with Crippen LogP contribution in [0.5, 0.6) is 0 Å². The Morgan fingerprint density at radius 2 is 1.92 bits per heavy atom. The highest BCUT2D eigenvalue weighted by atomic mass is 16.7. The van der Waals surface area contributed by atoms with E-state index in [1.54, 1.807) is 0 Å². The normalized spacial score (nSPS) is 11.4. The lowest BCUT2D eigenvalue weighted by Gasteiger charge is -2.25. The molecule has 0 aliphatic heterocycles. The Hall–Kier alpha value is -0.500. The van der Waals surface area contributed by atoms with Gasteiger partial charge < -0.3 is 9.47 Å². The maximum absolute atomic E-state index is 5.38. The second-order valence-corrected chi connectivity index (χ2v) is 3.83.